The first-order chi connectivity index (χ1) is 7.24. The minimum absolute atomic E-state index is 0.619. The smallest absolute Gasteiger partial charge is 0.0156 e. The molecule has 0 heterocycles. The van der Waals surface area contributed by atoms with Crippen LogP contribution in [-0.2, 0) is 6.42 Å². The van der Waals surface area contributed by atoms with E-state index in [9.17, 15) is 0 Å². The van der Waals surface area contributed by atoms with Crippen LogP contribution in [0.2, 0.25) is 0 Å². The van der Waals surface area contributed by atoms with Gasteiger partial charge in [0.15, 0.2) is 0 Å². The van der Waals surface area contributed by atoms with E-state index in [4.69, 9.17) is 0 Å². The first kappa shape index (κ1) is 10.7. The number of hydrogen-bond acceptors (Lipinski definition) is 1. The maximum Gasteiger partial charge on any atom is 0.0156 e. The molecule has 0 bridgehead atoms. The van der Waals surface area contributed by atoms with Gasteiger partial charge in [0.05, 0.1) is 0 Å². The minimum atomic E-state index is 0.619. The monoisotopic (exact) mass is 203 g/mol. The molecule has 1 heteroatoms. The van der Waals surface area contributed by atoms with Crippen molar-refractivity contribution in [3.05, 3.63) is 35.4 Å². The number of nitrogens with one attached hydrogen (secondary N) is 1. The van der Waals surface area contributed by atoms with Gasteiger partial charge in [0, 0.05) is 12.0 Å². The number of likely N-dealkylation sites (N-methyl/N-ethyl adjacent to an activating group) is 1. The van der Waals surface area contributed by atoms with Crippen molar-refractivity contribution >= 4 is 0 Å². The van der Waals surface area contributed by atoms with E-state index in [-0.39, 0.29) is 0 Å². The van der Waals surface area contributed by atoms with Crippen LogP contribution in [0.25, 0.3) is 0 Å². The molecule has 1 aliphatic rings. The van der Waals surface area contributed by atoms with Crippen LogP contribution in [0.15, 0.2) is 24.3 Å². The SMILES string of the molecule is CNC(C(C)C)C1CCc2ccccc21. The minimum Gasteiger partial charge on any atom is -0.316 e. The Balaban J connectivity index is 2.26. The third-order valence-electron chi connectivity index (χ3n) is 3.66. The molecule has 1 aromatic carbocycles. The molecule has 0 amide bonds. The zero-order valence-electron chi connectivity index (χ0n) is 9.96. The average Bonchev–Trinajstić information content (AvgIpc) is 2.63. The van der Waals surface area contributed by atoms with Crippen LogP contribution in [0, 0.1) is 5.92 Å². The molecule has 0 radical (unpaired) electrons. The molecule has 1 nitrogen and oxygen atoms in total. The fraction of sp³-hybridized carbons (Fsp3) is 0.571. The van der Waals surface area contributed by atoms with Crippen molar-refractivity contribution in [2.45, 2.75) is 38.6 Å². The summed E-state index contributed by atoms with van der Waals surface area (Å²) >= 11 is 0. The lowest BCUT2D eigenvalue weighted by Gasteiger charge is -2.27. The summed E-state index contributed by atoms with van der Waals surface area (Å²) in [6.07, 6.45) is 2.56. The van der Waals surface area contributed by atoms with Gasteiger partial charge in [-0.15, -0.1) is 0 Å². The Kier molecular flexibility index (Phi) is 3.11. The zero-order valence-corrected chi connectivity index (χ0v) is 9.96. The Morgan fingerprint density at radius 3 is 2.67 bits per heavy atom. The summed E-state index contributed by atoms with van der Waals surface area (Å²) in [5.41, 5.74) is 3.13. The zero-order chi connectivity index (χ0) is 10.8. The Morgan fingerprint density at radius 1 is 1.27 bits per heavy atom. The molecule has 0 aliphatic heterocycles. The predicted molar refractivity (Wildman–Crippen MR) is 65.2 cm³/mol. The molecule has 0 saturated carbocycles. The van der Waals surface area contributed by atoms with E-state index in [0.717, 1.165) is 0 Å². The second kappa shape index (κ2) is 4.36. The summed E-state index contributed by atoms with van der Waals surface area (Å²) in [7, 11) is 2.09. The van der Waals surface area contributed by atoms with Gasteiger partial charge in [0.2, 0.25) is 0 Å². The molecule has 2 rings (SSSR count). The quantitative estimate of drug-likeness (QED) is 0.796. The van der Waals surface area contributed by atoms with Gasteiger partial charge in [-0.2, -0.15) is 0 Å². The molecular weight excluding hydrogens is 182 g/mol. The molecule has 0 saturated heterocycles. The molecule has 2 atom stereocenters. The number of benzene rings is 1. The van der Waals surface area contributed by atoms with Gasteiger partial charge in [-0.1, -0.05) is 38.1 Å². The van der Waals surface area contributed by atoms with Gasteiger partial charge < -0.3 is 5.32 Å². The molecule has 1 N–H and O–H groups in total. The van der Waals surface area contributed by atoms with Gasteiger partial charge >= 0.3 is 0 Å². The lowest BCUT2D eigenvalue weighted by atomic mass is 9.86. The van der Waals surface area contributed by atoms with E-state index in [0.29, 0.717) is 17.9 Å². The number of rotatable bonds is 3. The summed E-state index contributed by atoms with van der Waals surface area (Å²) in [5, 5.41) is 3.48. The van der Waals surface area contributed by atoms with Crippen molar-refractivity contribution < 1.29 is 0 Å². The lowest BCUT2D eigenvalue weighted by molar-refractivity contribution is 0.360. The summed E-state index contributed by atoms with van der Waals surface area (Å²) in [6, 6.07) is 9.53. The number of fused-ring (bicyclic) bond motifs is 1. The second-order valence-corrected chi connectivity index (χ2v) is 4.90. The Hall–Kier alpha value is -0.820. The summed E-state index contributed by atoms with van der Waals surface area (Å²) < 4.78 is 0. The third-order valence-corrected chi connectivity index (χ3v) is 3.66. The first-order valence-electron chi connectivity index (χ1n) is 5.99. The summed E-state index contributed by atoms with van der Waals surface area (Å²) in [4.78, 5) is 0. The highest BCUT2D eigenvalue weighted by Crippen LogP contribution is 2.37. The second-order valence-electron chi connectivity index (χ2n) is 4.90. The molecule has 82 valence electrons. The fourth-order valence-corrected chi connectivity index (χ4v) is 2.96. The van der Waals surface area contributed by atoms with E-state index >= 15 is 0 Å². The topological polar surface area (TPSA) is 12.0 Å². The first-order valence-corrected chi connectivity index (χ1v) is 5.99. The van der Waals surface area contributed by atoms with Gasteiger partial charge in [0.1, 0.15) is 0 Å². The van der Waals surface area contributed by atoms with E-state index < -0.39 is 0 Å². The van der Waals surface area contributed by atoms with Gasteiger partial charge in [-0.3, -0.25) is 0 Å². The van der Waals surface area contributed by atoms with E-state index in [1.807, 2.05) is 0 Å². The normalized spacial score (nSPS) is 21.7. The van der Waals surface area contributed by atoms with Gasteiger partial charge in [-0.05, 0) is 36.9 Å². The maximum atomic E-state index is 3.48. The summed E-state index contributed by atoms with van der Waals surface area (Å²) in [5.74, 6) is 1.41. The van der Waals surface area contributed by atoms with Crippen molar-refractivity contribution in [3.8, 4) is 0 Å². The molecule has 1 aromatic rings. The molecule has 0 spiro atoms. The molecule has 15 heavy (non-hydrogen) atoms. The average molecular weight is 203 g/mol. The highest BCUT2D eigenvalue weighted by Gasteiger charge is 2.29. The predicted octanol–water partition coefficient (Wildman–Crippen LogP) is 2.96. The highest BCUT2D eigenvalue weighted by atomic mass is 14.9. The largest absolute Gasteiger partial charge is 0.316 e. The molecule has 2 unspecified atom stereocenters. The molecular formula is C14H21N. The fourth-order valence-electron chi connectivity index (χ4n) is 2.96. The van der Waals surface area contributed by atoms with Crippen LogP contribution in [0.3, 0.4) is 0 Å². The standard InChI is InChI=1S/C14H21N/c1-10(2)14(15-3)13-9-8-11-6-4-5-7-12(11)13/h4-7,10,13-15H,8-9H2,1-3H3. The lowest BCUT2D eigenvalue weighted by Crippen LogP contribution is -2.35. The van der Waals surface area contributed by atoms with E-state index in [1.165, 1.54) is 12.8 Å². The van der Waals surface area contributed by atoms with Crippen LogP contribution in [-0.4, -0.2) is 13.1 Å². The van der Waals surface area contributed by atoms with Crippen LogP contribution in [0.1, 0.15) is 37.3 Å². The molecule has 0 aromatic heterocycles. The van der Waals surface area contributed by atoms with Crippen LogP contribution in [0.5, 0.6) is 0 Å². The number of aryl methyl sites for hydroxylation is 1. The van der Waals surface area contributed by atoms with Crippen molar-refractivity contribution in [2.24, 2.45) is 5.92 Å². The van der Waals surface area contributed by atoms with Crippen molar-refractivity contribution in [3.63, 3.8) is 0 Å². The summed E-state index contributed by atoms with van der Waals surface area (Å²) in [6.45, 7) is 4.62. The Bertz CT molecular complexity index is 330. The molecule has 0 fully saturated rings. The van der Waals surface area contributed by atoms with Crippen LogP contribution >= 0.6 is 0 Å². The third kappa shape index (κ3) is 1.93. The van der Waals surface area contributed by atoms with Crippen molar-refractivity contribution in [1.82, 2.24) is 5.32 Å². The Morgan fingerprint density at radius 2 is 2.00 bits per heavy atom. The maximum absolute atomic E-state index is 3.48. The van der Waals surface area contributed by atoms with E-state index in [2.05, 4.69) is 50.5 Å². The van der Waals surface area contributed by atoms with Crippen LogP contribution < -0.4 is 5.32 Å². The van der Waals surface area contributed by atoms with Gasteiger partial charge in [-0.25, -0.2) is 0 Å². The molecule has 1 aliphatic carbocycles. The van der Waals surface area contributed by atoms with Crippen LogP contribution in [0.4, 0.5) is 0 Å². The highest BCUT2D eigenvalue weighted by molar-refractivity contribution is 5.36. The van der Waals surface area contributed by atoms with E-state index in [1.54, 1.807) is 11.1 Å². The Labute approximate surface area is 92.9 Å². The number of hydrogen-bond donors (Lipinski definition) is 1. The van der Waals surface area contributed by atoms with Crippen molar-refractivity contribution in [1.29, 1.82) is 0 Å². The van der Waals surface area contributed by atoms with Crippen molar-refractivity contribution in [2.75, 3.05) is 7.05 Å². The van der Waals surface area contributed by atoms with Gasteiger partial charge in [0.25, 0.3) is 0 Å².